The number of carbonyl (C=O) groups excluding carboxylic acids is 2. The van der Waals surface area contributed by atoms with E-state index in [1.807, 2.05) is 20.8 Å². The fourth-order valence-electron chi connectivity index (χ4n) is 2.65. The van der Waals surface area contributed by atoms with Gasteiger partial charge in [-0.05, 0) is 51.0 Å². The quantitative estimate of drug-likeness (QED) is 0.856. The first-order chi connectivity index (χ1) is 11.7. The molecule has 1 aromatic rings. The monoisotopic (exact) mass is 368 g/mol. The number of halogens is 1. The molecule has 1 saturated heterocycles. The van der Waals surface area contributed by atoms with Crippen LogP contribution in [0.3, 0.4) is 0 Å². The average Bonchev–Trinajstić information content (AvgIpc) is 2.72. The second kappa shape index (κ2) is 8.06. The van der Waals surface area contributed by atoms with E-state index in [1.165, 1.54) is 6.92 Å². The van der Waals surface area contributed by atoms with E-state index in [1.54, 1.807) is 23.1 Å². The van der Waals surface area contributed by atoms with Crippen molar-refractivity contribution in [2.75, 3.05) is 25.1 Å². The van der Waals surface area contributed by atoms with Gasteiger partial charge >= 0.3 is 6.09 Å². The second-order valence-corrected chi connectivity index (χ2v) is 7.44. The minimum absolute atomic E-state index is 0.172. The van der Waals surface area contributed by atoms with Crippen molar-refractivity contribution >= 4 is 29.3 Å². The van der Waals surface area contributed by atoms with Crippen LogP contribution < -0.4 is 5.32 Å². The topological polar surface area (TPSA) is 67.9 Å². The molecule has 6 nitrogen and oxygen atoms in total. The predicted octanol–water partition coefficient (Wildman–Crippen LogP) is 4.00. The summed E-state index contributed by atoms with van der Waals surface area (Å²) in [6.45, 7) is 8.34. The first-order valence-corrected chi connectivity index (χ1v) is 8.69. The lowest BCUT2D eigenvalue weighted by atomic mass is 10.0. The molecular weight excluding hydrogens is 344 g/mol. The first-order valence-electron chi connectivity index (χ1n) is 8.32. The van der Waals surface area contributed by atoms with E-state index in [0.717, 1.165) is 12.0 Å². The van der Waals surface area contributed by atoms with Crippen molar-refractivity contribution < 1.29 is 19.1 Å². The number of hydrogen-bond acceptors (Lipinski definition) is 4. The summed E-state index contributed by atoms with van der Waals surface area (Å²) in [5, 5.41) is 3.25. The summed E-state index contributed by atoms with van der Waals surface area (Å²) < 4.78 is 11.2. The summed E-state index contributed by atoms with van der Waals surface area (Å²) in [4.78, 5) is 25.6. The van der Waals surface area contributed by atoms with Crippen molar-refractivity contribution in [3.05, 3.63) is 28.8 Å². The van der Waals surface area contributed by atoms with Gasteiger partial charge in [0, 0.05) is 30.8 Å². The Morgan fingerprint density at radius 1 is 1.36 bits per heavy atom. The van der Waals surface area contributed by atoms with Gasteiger partial charge in [-0.3, -0.25) is 9.69 Å². The molecule has 2 amide bonds. The summed E-state index contributed by atoms with van der Waals surface area (Å²) in [5.74, 6) is -0.172. The lowest BCUT2D eigenvalue weighted by Crippen LogP contribution is -2.40. The molecule has 2 rings (SSSR count). The Morgan fingerprint density at radius 2 is 2.08 bits per heavy atom. The zero-order chi connectivity index (χ0) is 18.6. The van der Waals surface area contributed by atoms with Crippen LogP contribution in [-0.4, -0.2) is 42.3 Å². The van der Waals surface area contributed by atoms with Gasteiger partial charge in [0.1, 0.15) is 5.60 Å². The van der Waals surface area contributed by atoms with E-state index in [2.05, 4.69) is 5.32 Å². The Kier molecular flexibility index (Phi) is 6.30. The lowest BCUT2D eigenvalue weighted by Gasteiger charge is -2.32. The van der Waals surface area contributed by atoms with Crippen LogP contribution in [0.25, 0.3) is 0 Å². The number of amides is 2. The largest absolute Gasteiger partial charge is 0.444 e. The molecule has 1 atom stereocenters. The van der Waals surface area contributed by atoms with Crippen molar-refractivity contribution in [3.8, 4) is 0 Å². The first kappa shape index (κ1) is 19.5. The number of rotatable bonds is 2. The van der Waals surface area contributed by atoms with Gasteiger partial charge in [-0.25, -0.2) is 4.79 Å². The van der Waals surface area contributed by atoms with E-state index in [0.29, 0.717) is 30.5 Å². The molecule has 1 N–H and O–H groups in total. The number of carbonyl (C=O) groups is 2. The summed E-state index contributed by atoms with van der Waals surface area (Å²) in [6, 6.07) is 4.84. The SMILES string of the molecule is CC(=O)Nc1ccc(Cl)c([C@@H]2COCCCN2C(=O)OC(C)(C)C)c1. The van der Waals surface area contributed by atoms with Gasteiger partial charge in [-0.2, -0.15) is 0 Å². The molecule has 7 heteroatoms. The maximum atomic E-state index is 12.7. The molecule has 0 aromatic heterocycles. The number of anilines is 1. The van der Waals surface area contributed by atoms with Gasteiger partial charge in [-0.15, -0.1) is 0 Å². The van der Waals surface area contributed by atoms with Crippen LogP contribution in [0.2, 0.25) is 5.02 Å². The smallest absolute Gasteiger partial charge is 0.410 e. The highest BCUT2D eigenvalue weighted by Gasteiger charge is 2.32. The molecule has 1 heterocycles. The highest BCUT2D eigenvalue weighted by Crippen LogP contribution is 2.33. The van der Waals surface area contributed by atoms with E-state index >= 15 is 0 Å². The Morgan fingerprint density at radius 3 is 2.72 bits per heavy atom. The normalized spacial score (nSPS) is 18.4. The van der Waals surface area contributed by atoms with Crippen molar-refractivity contribution in [1.29, 1.82) is 0 Å². The number of benzene rings is 1. The zero-order valence-electron chi connectivity index (χ0n) is 15.1. The third-order valence-electron chi connectivity index (χ3n) is 3.64. The van der Waals surface area contributed by atoms with Crippen molar-refractivity contribution in [3.63, 3.8) is 0 Å². The summed E-state index contributed by atoms with van der Waals surface area (Å²) in [7, 11) is 0. The molecule has 0 saturated carbocycles. The van der Waals surface area contributed by atoms with E-state index in [-0.39, 0.29) is 11.9 Å². The molecule has 0 radical (unpaired) electrons. The molecule has 0 spiro atoms. The summed E-state index contributed by atoms with van der Waals surface area (Å²) >= 11 is 6.38. The third kappa shape index (κ3) is 5.61. The molecule has 1 aliphatic heterocycles. The van der Waals surface area contributed by atoms with E-state index in [4.69, 9.17) is 21.1 Å². The maximum Gasteiger partial charge on any atom is 0.410 e. The van der Waals surface area contributed by atoms with Crippen molar-refractivity contribution in [2.24, 2.45) is 0 Å². The van der Waals surface area contributed by atoms with Crippen molar-refractivity contribution in [1.82, 2.24) is 4.90 Å². The molecule has 0 bridgehead atoms. The van der Waals surface area contributed by atoms with Crippen LogP contribution in [-0.2, 0) is 14.3 Å². The van der Waals surface area contributed by atoms with Crippen LogP contribution in [0.5, 0.6) is 0 Å². The molecule has 138 valence electrons. The fraction of sp³-hybridized carbons (Fsp3) is 0.556. The van der Waals surface area contributed by atoms with E-state index in [9.17, 15) is 9.59 Å². The van der Waals surface area contributed by atoms with Crippen molar-refractivity contribution in [2.45, 2.75) is 45.8 Å². The summed E-state index contributed by atoms with van der Waals surface area (Å²) in [5.41, 5.74) is 0.761. The third-order valence-corrected chi connectivity index (χ3v) is 3.99. The average molecular weight is 369 g/mol. The number of ether oxygens (including phenoxy) is 2. The lowest BCUT2D eigenvalue weighted by molar-refractivity contribution is -0.114. The Balaban J connectivity index is 2.34. The zero-order valence-corrected chi connectivity index (χ0v) is 15.9. The highest BCUT2D eigenvalue weighted by atomic mass is 35.5. The van der Waals surface area contributed by atoms with Crippen LogP contribution >= 0.6 is 11.6 Å². The highest BCUT2D eigenvalue weighted by molar-refractivity contribution is 6.31. The van der Waals surface area contributed by atoms with Gasteiger partial charge < -0.3 is 14.8 Å². The Labute approximate surface area is 153 Å². The van der Waals surface area contributed by atoms with Crippen LogP contribution in [0.15, 0.2) is 18.2 Å². The van der Waals surface area contributed by atoms with Gasteiger partial charge in [0.05, 0.1) is 12.6 Å². The van der Waals surface area contributed by atoms with Crippen LogP contribution in [0.1, 0.15) is 45.7 Å². The van der Waals surface area contributed by atoms with Crippen LogP contribution in [0.4, 0.5) is 10.5 Å². The Hall–Kier alpha value is -1.79. The molecule has 0 unspecified atom stereocenters. The fourth-order valence-corrected chi connectivity index (χ4v) is 2.90. The van der Waals surface area contributed by atoms with E-state index < -0.39 is 11.7 Å². The number of hydrogen-bond donors (Lipinski definition) is 1. The summed E-state index contributed by atoms with van der Waals surface area (Å²) in [6.07, 6.45) is 0.322. The molecular formula is C18H25ClN2O4. The molecule has 25 heavy (non-hydrogen) atoms. The van der Waals surface area contributed by atoms with Gasteiger partial charge in [-0.1, -0.05) is 11.6 Å². The molecule has 1 aromatic carbocycles. The Bertz CT molecular complexity index is 642. The number of nitrogens with one attached hydrogen (secondary N) is 1. The minimum Gasteiger partial charge on any atom is -0.444 e. The second-order valence-electron chi connectivity index (χ2n) is 7.04. The van der Waals surface area contributed by atoms with Gasteiger partial charge in [0.2, 0.25) is 5.91 Å². The maximum absolute atomic E-state index is 12.7. The predicted molar refractivity (Wildman–Crippen MR) is 96.9 cm³/mol. The molecule has 0 aliphatic carbocycles. The van der Waals surface area contributed by atoms with Crippen LogP contribution in [0, 0.1) is 0 Å². The molecule has 1 fully saturated rings. The standard InChI is InChI=1S/C18H25ClN2O4/c1-12(22)20-13-6-7-15(19)14(10-13)16-11-24-9-5-8-21(16)17(23)25-18(2,3)4/h6-7,10,16H,5,8-9,11H2,1-4H3,(H,20,22)/t16-/m0/s1. The molecule has 1 aliphatic rings. The van der Waals surface area contributed by atoms with Gasteiger partial charge in [0.15, 0.2) is 0 Å². The number of nitrogens with zero attached hydrogens (tertiary/aromatic N) is 1. The van der Waals surface area contributed by atoms with Gasteiger partial charge in [0.25, 0.3) is 0 Å². The minimum atomic E-state index is -0.587.